The van der Waals surface area contributed by atoms with E-state index < -0.39 is 0 Å². The molecule has 0 aromatic heterocycles. The Balaban J connectivity index is 2.96. The van der Waals surface area contributed by atoms with Gasteiger partial charge in [0.2, 0.25) is 0 Å². The van der Waals surface area contributed by atoms with Gasteiger partial charge in [-0.3, -0.25) is 0 Å². The first-order chi connectivity index (χ1) is 13.9. The molecule has 28 heavy (non-hydrogen) atoms. The summed E-state index contributed by atoms with van der Waals surface area (Å²) >= 11 is 0. The van der Waals surface area contributed by atoms with Crippen LogP contribution in [0.25, 0.3) is 0 Å². The van der Waals surface area contributed by atoms with Gasteiger partial charge in [-0.1, -0.05) is 149 Å². The van der Waals surface area contributed by atoms with Gasteiger partial charge in [-0.25, -0.2) is 0 Å². The molecule has 0 heterocycles. The lowest BCUT2D eigenvalue weighted by Crippen LogP contribution is -1.92. The summed E-state index contributed by atoms with van der Waals surface area (Å²) in [5.74, 6) is 0. The maximum atomic E-state index is 5.68. The Morgan fingerprint density at radius 1 is 0.393 bits per heavy atom. The van der Waals surface area contributed by atoms with Gasteiger partial charge >= 0.3 is 0 Å². The maximum Gasteiger partial charge on any atom is 0.0836 e. The number of unbranched alkanes of at least 4 members (excludes halogenated alkanes) is 21. The molecule has 169 valence electrons. The quantitative estimate of drug-likeness (QED) is 0.140. The highest BCUT2D eigenvalue weighted by molar-refractivity contribution is 4.54. The van der Waals surface area contributed by atoms with Crippen LogP contribution in [0.15, 0.2) is 0 Å². The molecule has 0 saturated heterocycles. The summed E-state index contributed by atoms with van der Waals surface area (Å²) in [5, 5.41) is 0. The third-order valence-electron chi connectivity index (χ3n) is 5.91. The van der Waals surface area contributed by atoms with Crippen molar-refractivity contribution in [3.63, 3.8) is 0 Å². The Morgan fingerprint density at radius 3 is 1.11 bits per heavy atom. The molecule has 1 radical (unpaired) electrons. The first-order valence-electron chi connectivity index (χ1n) is 13.3. The fourth-order valence-corrected chi connectivity index (χ4v) is 3.91. The highest BCUT2D eigenvalue weighted by Gasteiger charge is 1.96. The third kappa shape index (κ3) is 26.0. The zero-order valence-electron chi connectivity index (χ0n) is 20.0. The van der Waals surface area contributed by atoms with Gasteiger partial charge in [0, 0.05) is 6.61 Å². The lowest BCUT2D eigenvalue weighted by molar-refractivity contribution is 0.183. The predicted octanol–water partition coefficient (Wildman–Crippen LogP) is 10.2. The van der Waals surface area contributed by atoms with Crippen LogP contribution in [0, 0.1) is 6.61 Å². The first-order valence-corrected chi connectivity index (χ1v) is 13.3. The highest BCUT2D eigenvalue weighted by Crippen LogP contribution is 2.14. The fraction of sp³-hybridized carbons (Fsp3) is 0.963. The SMILES string of the molecule is CCCCCCCCCCCCCCC[CH]OCCCCCCCCCCC. The molecule has 0 spiro atoms. The zero-order chi connectivity index (χ0) is 20.4. The van der Waals surface area contributed by atoms with Crippen molar-refractivity contribution in [1.82, 2.24) is 0 Å². The second kappa shape index (κ2) is 27.0. The van der Waals surface area contributed by atoms with E-state index in [4.69, 9.17) is 4.74 Å². The van der Waals surface area contributed by atoms with Crippen LogP contribution in [-0.4, -0.2) is 6.61 Å². The Hall–Kier alpha value is -0.0400. The van der Waals surface area contributed by atoms with Gasteiger partial charge < -0.3 is 4.74 Å². The molecular weight excluding hydrogens is 340 g/mol. The molecule has 0 aliphatic carbocycles. The molecule has 0 aliphatic rings. The topological polar surface area (TPSA) is 9.23 Å². The van der Waals surface area contributed by atoms with E-state index in [0.717, 1.165) is 13.0 Å². The summed E-state index contributed by atoms with van der Waals surface area (Å²) in [5.41, 5.74) is 0. The number of hydrogen-bond acceptors (Lipinski definition) is 1. The van der Waals surface area contributed by atoms with E-state index in [1.54, 1.807) is 0 Å². The Labute approximate surface area is 179 Å². The molecular formula is C27H55O. The number of hydrogen-bond donors (Lipinski definition) is 0. The molecule has 0 fully saturated rings. The van der Waals surface area contributed by atoms with Crippen molar-refractivity contribution in [2.24, 2.45) is 0 Å². The van der Waals surface area contributed by atoms with Crippen LogP contribution in [0.4, 0.5) is 0 Å². The largest absolute Gasteiger partial charge is 0.376 e. The predicted molar refractivity (Wildman–Crippen MR) is 128 cm³/mol. The molecule has 1 nitrogen and oxygen atoms in total. The molecule has 0 N–H and O–H groups in total. The van der Waals surface area contributed by atoms with Crippen molar-refractivity contribution < 1.29 is 4.74 Å². The first kappa shape index (κ1) is 28.0. The lowest BCUT2D eigenvalue weighted by atomic mass is 10.0. The Bertz CT molecular complexity index is 225. The molecule has 0 saturated carbocycles. The maximum absolute atomic E-state index is 5.68. The minimum Gasteiger partial charge on any atom is -0.376 e. The van der Waals surface area contributed by atoms with Crippen molar-refractivity contribution >= 4 is 0 Å². The van der Waals surface area contributed by atoms with E-state index in [-0.39, 0.29) is 0 Å². The van der Waals surface area contributed by atoms with Gasteiger partial charge in [0.1, 0.15) is 0 Å². The number of ether oxygens (including phenoxy) is 1. The molecule has 0 aliphatic heterocycles. The van der Waals surface area contributed by atoms with Crippen LogP contribution < -0.4 is 0 Å². The zero-order valence-corrected chi connectivity index (χ0v) is 20.0. The molecule has 0 rings (SSSR count). The molecule has 0 aromatic rings. The van der Waals surface area contributed by atoms with E-state index in [2.05, 4.69) is 20.5 Å². The molecule has 0 bridgehead atoms. The van der Waals surface area contributed by atoms with E-state index >= 15 is 0 Å². The van der Waals surface area contributed by atoms with Crippen LogP contribution in [0.1, 0.15) is 162 Å². The second-order valence-corrected chi connectivity index (χ2v) is 8.90. The van der Waals surface area contributed by atoms with Crippen LogP contribution in [0.5, 0.6) is 0 Å². The lowest BCUT2D eigenvalue weighted by Gasteiger charge is -2.05. The highest BCUT2D eigenvalue weighted by atomic mass is 16.5. The third-order valence-corrected chi connectivity index (χ3v) is 5.91. The Morgan fingerprint density at radius 2 is 0.714 bits per heavy atom. The van der Waals surface area contributed by atoms with E-state index in [1.165, 1.54) is 141 Å². The van der Waals surface area contributed by atoms with Crippen molar-refractivity contribution in [2.45, 2.75) is 162 Å². The summed E-state index contributed by atoms with van der Waals surface area (Å²) in [6.45, 7) is 7.59. The van der Waals surface area contributed by atoms with E-state index in [9.17, 15) is 0 Å². The van der Waals surface area contributed by atoms with Crippen molar-refractivity contribution in [1.29, 1.82) is 0 Å². The van der Waals surface area contributed by atoms with Crippen molar-refractivity contribution in [3.05, 3.63) is 6.61 Å². The van der Waals surface area contributed by atoms with Gasteiger partial charge in [-0.15, -0.1) is 0 Å². The fourth-order valence-electron chi connectivity index (χ4n) is 3.91. The average Bonchev–Trinajstić information content (AvgIpc) is 2.71. The molecule has 0 atom stereocenters. The molecule has 0 aromatic carbocycles. The summed E-state index contributed by atoms with van der Waals surface area (Å²) in [6, 6.07) is 0. The summed E-state index contributed by atoms with van der Waals surface area (Å²) < 4.78 is 5.68. The Kier molecular flexibility index (Phi) is 26.9. The van der Waals surface area contributed by atoms with Gasteiger partial charge in [0.25, 0.3) is 0 Å². The van der Waals surface area contributed by atoms with Gasteiger partial charge in [-0.05, 0) is 12.8 Å². The summed E-state index contributed by atoms with van der Waals surface area (Å²) in [4.78, 5) is 0. The number of rotatable bonds is 25. The van der Waals surface area contributed by atoms with Gasteiger partial charge in [-0.2, -0.15) is 0 Å². The standard InChI is InChI=1S/C27H55O/c1-3-5-7-9-11-13-14-15-16-17-19-21-23-25-27-28-26-24-22-20-18-12-10-8-6-4-2/h27H,3-26H2,1-2H3. The summed E-state index contributed by atoms with van der Waals surface area (Å²) in [7, 11) is 0. The van der Waals surface area contributed by atoms with Crippen LogP contribution in [-0.2, 0) is 4.74 Å². The minimum atomic E-state index is 0.939. The second-order valence-electron chi connectivity index (χ2n) is 8.90. The molecule has 0 unspecified atom stereocenters. The van der Waals surface area contributed by atoms with Crippen molar-refractivity contribution in [3.8, 4) is 0 Å². The summed E-state index contributed by atoms with van der Waals surface area (Å²) in [6.07, 6.45) is 32.2. The van der Waals surface area contributed by atoms with Gasteiger partial charge in [0.15, 0.2) is 0 Å². The van der Waals surface area contributed by atoms with Crippen molar-refractivity contribution in [2.75, 3.05) is 6.61 Å². The normalized spacial score (nSPS) is 11.4. The van der Waals surface area contributed by atoms with Gasteiger partial charge in [0.05, 0.1) is 6.61 Å². The van der Waals surface area contributed by atoms with E-state index in [1.807, 2.05) is 0 Å². The molecule has 1 heteroatoms. The monoisotopic (exact) mass is 395 g/mol. The van der Waals surface area contributed by atoms with Crippen LogP contribution in [0.3, 0.4) is 0 Å². The molecule has 0 amide bonds. The van der Waals surface area contributed by atoms with Crippen LogP contribution >= 0.6 is 0 Å². The van der Waals surface area contributed by atoms with Crippen LogP contribution in [0.2, 0.25) is 0 Å². The smallest absolute Gasteiger partial charge is 0.0836 e. The van der Waals surface area contributed by atoms with E-state index in [0.29, 0.717) is 0 Å². The average molecular weight is 396 g/mol. The minimum absolute atomic E-state index is 0.939.